The van der Waals surface area contributed by atoms with Crippen LogP contribution in [0.2, 0.25) is 0 Å². The fraction of sp³-hybridized carbons (Fsp3) is 0.562. The average molecular weight is 334 g/mol. The molecule has 0 radical (unpaired) electrons. The van der Waals surface area contributed by atoms with Gasteiger partial charge in [-0.3, -0.25) is 4.79 Å². The van der Waals surface area contributed by atoms with Crippen molar-refractivity contribution in [2.24, 2.45) is 0 Å². The summed E-state index contributed by atoms with van der Waals surface area (Å²) in [5.41, 5.74) is 0. The minimum atomic E-state index is -0.198. The highest BCUT2D eigenvalue weighted by molar-refractivity contribution is 8.00. The Morgan fingerprint density at radius 2 is 2.30 bits per heavy atom. The molecule has 7 heteroatoms. The molecule has 1 amide bonds. The second-order valence-electron chi connectivity index (χ2n) is 5.92. The predicted octanol–water partition coefficient (Wildman–Crippen LogP) is 2.85. The summed E-state index contributed by atoms with van der Waals surface area (Å²) >= 11 is 1.43. The second kappa shape index (κ2) is 7.68. The molecule has 0 spiro atoms. The number of thioether (sulfide) groups is 1. The van der Waals surface area contributed by atoms with Crippen LogP contribution in [0, 0.1) is 0 Å². The standard InChI is InChI=1S/C16H22N4O2S/c1-12(15(21)18-13-6-3-2-4-7-13)23-16-19-17-11-20(16)10-14-8-5-9-22-14/h5,8-9,11-13H,2-4,6-7,10H2,1H3,(H,18,21). The van der Waals surface area contributed by atoms with Gasteiger partial charge in [0, 0.05) is 6.04 Å². The lowest BCUT2D eigenvalue weighted by Gasteiger charge is -2.24. The van der Waals surface area contributed by atoms with E-state index in [-0.39, 0.29) is 11.2 Å². The number of hydrogen-bond donors (Lipinski definition) is 1. The van der Waals surface area contributed by atoms with Gasteiger partial charge in [-0.05, 0) is 31.9 Å². The molecule has 2 aromatic rings. The normalized spacial score (nSPS) is 17.1. The largest absolute Gasteiger partial charge is 0.467 e. The molecule has 1 fully saturated rings. The third-order valence-electron chi connectivity index (χ3n) is 4.09. The Bertz CT molecular complexity index is 620. The number of carbonyl (C=O) groups is 1. The smallest absolute Gasteiger partial charge is 0.233 e. The number of nitrogens with zero attached hydrogens (tertiary/aromatic N) is 3. The molecule has 6 nitrogen and oxygen atoms in total. The topological polar surface area (TPSA) is 73.0 Å². The summed E-state index contributed by atoms with van der Waals surface area (Å²) in [6, 6.07) is 4.10. The van der Waals surface area contributed by atoms with Gasteiger partial charge in [0.05, 0.1) is 18.1 Å². The fourth-order valence-electron chi connectivity index (χ4n) is 2.79. The molecular weight excluding hydrogens is 312 g/mol. The van der Waals surface area contributed by atoms with Gasteiger partial charge >= 0.3 is 0 Å². The van der Waals surface area contributed by atoms with Crippen molar-refractivity contribution in [3.8, 4) is 0 Å². The van der Waals surface area contributed by atoms with Crippen molar-refractivity contribution < 1.29 is 9.21 Å². The van der Waals surface area contributed by atoms with Crippen molar-refractivity contribution in [2.45, 2.75) is 62.0 Å². The Balaban J connectivity index is 1.56. The summed E-state index contributed by atoms with van der Waals surface area (Å²) < 4.78 is 7.25. The third-order valence-corrected chi connectivity index (χ3v) is 5.18. The monoisotopic (exact) mass is 334 g/mol. The number of rotatable bonds is 6. The van der Waals surface area contributed by atoms with Crippen LogP contribution < -0.4 is 5.32 Å². The Morgan fingerprint density at radius 3 is 3.04 bits per heavy atom. The third kappa shape index (κ3) is 4.37. The van der Waals surface area contributed by atoms with Crippen LogP contribution in [0.1, 0.15) is 44.8 Å². The molecule has 0 bridgehead atoms. The number of aromatic nitrogens is 3. The number of furan rings is 1. The van der Waals surface area contributed by atoms with Gasteiger partial charge in [-0.15, -0.1) is 10.2 Å². The van der Waals surface area contributed by atoms with Crippen molar-refractivity contribution in [3.63, 3.8) is 0 Å². The zero-order chi connectivity index (χ0) is 16.1. The highest BCUT2D eigenvalue weighted by Gasteiger charge is 2.22. The first-order valence-electron chi connectivity index (χ1n) is 8.09. The maximum absolute atomic E-state index is 12.4. The van der Waals surface area contributed by atoms with Gasteiger partial charge in [0.1, 0.15) is 12.1 Å². The lowest BCUT2D eigenvalue weighted by atomic mass is 9.95. The molecule has 1 atom stereocenters. The molecule has 0 saturated heterocycles. The van der Waals surface area contributed by atoms with Gasteiger partial charge in [0.15, 0.2) is 5.16 Å². The molecule has 2 aromatic heterocycles. The van der Waals surface area contributed by atoms with E-state index in [1.165, 1.54) is 31.0 Å². The molecule has 124 valence electrons. The maximum atomic E-state index is 12.4. The van der Waals surface area contributed by atoms with E-state index in [0.29, 0.717) is 12.6 Å². The van der Waals surface area contributed by atoms with Crippen LogP contribution in [-0.2, 0) is 11.3 Å². The van der Waals surface area contributed by atoms with Crippen LogP contribution in [0.15, 0.2) is 34.3 Å². The molecule has 0 aromatic carbocycles. The maximum Gasteiger partial charge on any atom is 0.233 e. The number of amides is 1. The van der Waals surface area contributed by atoms with Gasteiger partial charge in [-0.25, -0.2) is 0 Å². The summed E-state index contributed by atoms with van der Waals surface area (Å²) in [6.45, 7) is 2.48. The molecule has 2 heterocycles. The first-order valence-corrected chi connectivity index (χ1v) is 8.97. The van der Waals surface area contributed by atoms with Gasteiger partial charge in [0.25, 0.3) is 0 Å². The molecular formula is C16H22N4O2S. The molecule has 3 rings (SSSR count). The van der Waals surface area contributed by atoms with Crippen molar-refractivity contribution in [1.82, 2.24) is 20.1 Å². The van der Waals surface area contributed by atoms with E-state index in [2.05, 4.69) is 15.5 Å². The minimum absolute atomic E-state index is 0.0782. The molecule has 1 aliphatic rings. The van der Waals surface area contributed by atoms with Gasteiger partial charge < -0.3 is 14.3 Å². The fourth-order valence-corrected chi connectivity index (χ4v) is 3.62. The molecule has 1 unspecified atom stereocenters. The van der Waals surface area contributed by atoms with Crippen LogP contribution in [0.3, 0.4) is 0 Å². The Hall–Kier alpha value is -1.76. The van der Waals surface area contributed by atoms with Gasteiger partial charge in [-0.2, -0.15) is 0 Å². The zero-order valence-electron chi connectivity index (χ0n) is 13.3. The molecule has 1 saturated carbocycles. The first kappa shape index (κ1) is 16.1. The van der Waals surface area contributed by atoms with E-state index in [1.54, 1.807) is 12.6 Å². The Kier molecular flexibility index (Phi) is 5.38. The number of hydrogen-bond acceptors (Lipinski definition) is 5. The van der Waals surface area contributed by atoms with Crippen molar-refractivity contribution in [2.75, 3.05) is 0 Å². The van der Waals surface area contributed by atoms with E-state index in [1.807, 2.05) is 23.6 Å². The minimum Gasteiger partial charge on any atom is -0.467 e. The number of nitrogens with one attached hydrogen (secondary N) is 1. The summed E-state index contributed by atoms with van der Waals surface area (Å²) in [5.74, 6) is 0.917. The second-order valence-corrected chi connectivity index (χ2v) is 7.23. The van der Waals surface area contributed by atoms with Crippen molar-refractivity contribution in [1.29, 1.82) is 0 Å². The van der Waals surface area contributed by atoms with Crippen LogP contribution in [0.4, 0.5) is 0 Å². The molecule has 1 aliphatic carbocycles. The highest BCUT2D eigenvalue weighted by Crippen LogP contribution is 2.23. The summed E-state index contributed by atoms with van der Waals surface area (Å²) in [5, 5.41) is 11.8. The van der Waals surface area contributed by atoms with E-state index in [4.69, 9.17) is 4.42 Å². The first-order chi connectivity index (χ1) is 11.2. The van der Waals surface area contributed by atoms with Crippen LogP contribution in [0.5, 0.6) is 0 Å². The van der Waals surface area contributed by atoms with E-state index >= 15 is 0 Å². The lowest BCUT2D eigenvalue weighted by Crippen LogP contribution is -2.40. The van der Waals surface area contributed by atoms with E-state index in [9.17, 15) is 4.79 Å². The van der Waals surface area contributed by atoms with Crippen LogP contribution in [-0.4, -0.2) is 32.0 Å². The molecule has 1 N–H and O–H groups in total. The Morgan fingerprint density at radius 1 is 1.48 bits per heavy atom. The van der Waals surface area contributed by atoms with Crippen molar-refractivity contribution >= 4 is 17.7 Å². The zero-order valence-corrected chi connectivity index (χ0v) is 14.1. The quantitative estimate of drug-likeness (QED) is 0.822. The van der Waals surface area contributed by atoms with Gasteiger partial charge in [-0.1, -0.05) is 31.0 Å². The molecule has 23 heavy (non-hydrogen) atoms. The van der Waals surface area contributed by atoms with Crippen LogP contribution >= 0.6 is 11.8 Å². The summed E-state index contributed by atoms with van der Waals surface area (Å²) in [6.07, 6.45) is 9.21. The molecule has 0 aliphatic heterocycles. The SMILES string of the molecule is CC(Sc1nncn1Cc1ccco1)C(=O)NC1CCCCC1. The summed E-state index contributed by atoms with van der Waals surface area (Å²) in [4.78, 5) is 12.4. The predicted molar refractivity (Wildman–Crippen MR) is 88.2 cm³/mol. The average Bonchev–Trinajstić information content (AvgIpc) is 3.21. The van der Waals surface area contributed by atoms with E-state index in [0.717, 1.165) is 23.8 Å². The number of carbonyl (C=O) groups excluding carboxylic acids is 1. The highest BCUT2D eigenvalue weighted by atomic mass is 32.2. The van der Waals surface area contributed by atoms with Crippen molar-refractivity contribution in [3.05, 3.63) is 30.5 Å². The lowest BCUT2D eigenvalue weighted by molar-refractivity contribution is -0.121. The van der Waals surface area contributed by atoms with Crippen LogP contribution in [0.25, 0.3) is 0 Å². The van der Waals surface area contributed by atoms with E-state index < -0.39 is 0 Å². The van der Waals surface area contributed by atoms with Gasteiger partial charge in [0.2, 0.25) is 5.91 Å². The Labute approximate surface area is 140 Å². The summed E-state index contributed by atoms with van der Waals surface area (Å²) in [7, 11) is 0.